The summed E-state index contributed by atoms with van der Waals surface area (Å²) in [4.78, 5) is 26.2. The molecule has 4 rings (SSSR count). The molecule has 1 aromatic rings. The zero-order chi connectivity index (χ0) is 18.1. The fraction of sp³-hybridized carbons (Fsp3) is 0.579. The lowest BCUT2D eigenvalue weighted by molar-refractivity contribution is 0.0492. The van der Waals surface area contributed by atoms with E-state index in [1.807, 2.05) is 6.92 Å². The average molecular weight is 358 g/mol. The van der Waals surface area contributed by atoms with Gasteiger partial charge in [0.05, 0.1) is 0 Å². The predicted octanol–water partition coefficient (Wildman–Crippen LogP) is 2.41. The normalized spacial score (nSPS) is 23.5. The molecule has 0 aromatic heterocycles. The first-order valence-corrected chi connectivity index (χ1v) is 9.45. The molecule has 2 heterocycles. The van der Waals surface area contributed by atoms with Gasteiger partial charge in [-0.15, -0.1) is 0 Å². The van der Waals surface area contributed by atoms with Gasteiger partial charge in [-0.1, -0.05) is 24.3 Å². The second-order valence-electron chi connectivity index (χ2n) is 7.37. The van der Waals surface area contributed by atoms with Gasteiger partial charge in [-0.25, -0.2) is 14.5 Å². The molecule has 0 radical (unpaired) electrons. The number of amides is 4. The highest BCUT2D eigenvalue weighted by Crippen LogP contribution is 2.40. The van der Waals surface area contributed by atoms with Crippen LogP contribution in [0, 0.1) is 0 Å². The number of benzene rings is 1. The molecular formula is C19H26N4O3. The number of imide groups is 1. The summed E-state index contributed by atoms with van der Waals surface area (Å²) < 4.78 is 5.31. The molecule has 26 heavy (non-hydrogen) atoms. The van der Waals surface area contributed by atoms with Crippen LogP contribution in [0.5, 0.6) is 0 Å². The van der Waals surface area contributed by atoms with E-state index in [4.69, 9.17) is 4.74 Å². The number of nitrogens with one attached hydrogen (secondary N) is 3. The van der Waals surface area contributed by atoms with Gasteiger partial charge in [0.25, 0.3) is 0 Å². The molecular weight excluding hydrogens is 332 g/mol. The van der Waals surface area contributed by atoms with E-state index in [1.54, 1.807) is 0 Å². The summed E-state index contributed by atoms with van der Waals surface area (Å²) in [7, 11) is 0. The smallest absolute Gasteiger partial charge is 0.328 e. The van der Waals surface area contributed by atoms with E-state index in [2.05, 4.69) is 40.2 Å². The van der Waals surface area contributed by atoms with E-state index >= 15 is 0 Å². The van der Waals surface area contributed by atoms with Gasteiger partial charge in [0, 0.05) is 25.3 Å². The first-order chi connectivity index (χ1) is 12.6. The minimum Gasteiger partial charge on any atom is -0.381 e. The monoisotopic (exact) mass is 358 g/mol. The lowest BCUT2D eigenvalue weighted by Gasteiger charge is -2.39. The molecule has 140 valence electrons. The Morgan fingerprint density at radius 1 is 1.04 bits per heavy atom. The van der Waals surface area contributed by atoms with Crippen LogP contribution < -0.4 is 16.0 Å². The summed E-state index contributed by atoms with van der Waals surface area (Å²) >= 11 is 0. The second kappa shape index (κ2) is 7.25. The van der Waals surface area contributed by atoms with Crippen LogP contribution in [0.1, 0.15) is 55.7 Å². The van der Waals surface area contributed by atoms with Crippen molar-refractivity contribution in [2.75, 3.05) is 13.2 Å². The average Bonchev–Trinajstić information content (AvgIpc) is 3.47. The van der Waals surface area contributed by atoms with Crippen molar-refractivity contribution >= 4 is 12.1 Å². The van der Waals surface area contributed by atoms with E-state index in [9.17, 15) is 9.59 Å². The van der Waals surface area contributed by atoms with Gasteiger partial charge in [0.2, 0.25) is 0 Å². The lowest BCUT2D eigenvalue weighted by Crippen LogP contribution is -2.70. The highest BCUT2D eigenvalue weighted by molar-refractivity contribution is 5.96. The molecule has 3 aliphatic rings. The number of carbonyl (C=O) groups excluding carboxylic acids is 2. The molecule has 0 bridgehead atoms. The van der Waals surface area contributed by atoms with E-state index in [0.29, 0.717) is 26.1 Å². The molecule has 1 atom stereocenters. The van der Waals surface area contributed by atoms with Crippen LogP contribution in [0.3, 0.4) is 0 Å². The summed E-state index contributed by atoms with van der Waals surface area (Å²) in [5.41, 5.74) is 2.53. The fourth-order valence-electron chi connectivity index (χ4n) is 3.69. The first-order valence-electron chi connectivity index (χ1n) is 9.45. The van der Waals surface area contributed by atoms with Crippen LogP contribution in [0.2, 0.25) is 0 Å². The highest BCUT2D eigenvalue weighted by atomic mass is 16.5. The van der Waals surface area contributed by atoms with Crippen LogP contribution in [-0.2, 0) is 4.74 Å². The summed E-state index contributed by atoms with van der Waals surface area (Å²) in [6.07, 6.45) is 3.36. The maximum absolute atomic E-state index is 12.4. The quantitative estimate of drug-likeness (QED) is 0.755. The molecule has 7 heteroatoms. The number of ether oxygens (including phenoxy) is 1. The van der Waals surface area contributed by atoms with Gasteiger partial charge in [-0.05, 0) is 49.7 Å². The van der Waals surface area contributed by atoms with Crippen molar-refractivity contribution < 1.29 is 14.3 Å². The van der Waals surface area contributed by atoms with E-state index < -0.39 is 6.29 Å². The minimum atomic E-state index is -0.579. The molecule has 7 nitrogen and oxygen atoms in total. The lowest BCUT2D eigenvalue weighted by atomic mass is 10.0. The Morgan fingerprint density at radius 2 is 1.65 bits per heavy atom. The largest absolute Gasteiger partial charge is 0.381 e. The van der Waals surface area contributed by atoms with Gasteiger partial charge in [0.1, 0.15) is 0 Å². The summed E-state index contributed by atoms with van der Waals surface area (Å²) in [6, 6.07) is 7.79. The molecule has 1 aliphatic carbocycles. The number of hydrogen-bond donors (Lipinski definition) is 3. The van der Waals surface area contributed by atoms with Gasteiger partial charge in [-0.3, -0.25) is 5.32 Å². The molecule has 1 saturated carbocycles. The van der Waals surface area contributed by atoms with Crippen molar-refractivity contribution in [2.24, 2.45) is 0 Å². The van der Waals surface area contributed by atoms with Crippen LogP contribution in [0.15, 0.2) is 24.3 Å². The number of urea groups is 2. The van der Waals surface area contributed by atoms with Crippen molar-refractivity contribution in [1.82, 2.24) is 20.9 Å². The molecule has 3 fully saturated rings. The van der Waals surface area contributed by atoms with Gasteiger partial charge >= 0.3 is 12.1 Å². The highest BCUT2D eigenvalue weighted by Gasteiger charge is 2.37. The maximum Gasteiger partial charge on any atom is 0.328 e. The standard InChI is InChI=1S/C19H26N4O3/c1-12(13-2-4-14(5-3-13)15-6-7-15)20-17-21-18(24)23(19(25)22-17)16-8-10-26-11-9-16/h2-5,12,15-17,20H,6-11H2,1H3,(H,21,24)(H,22,25)/t12-/m1/s1. The van der Waals surface area contributed by atoms with Crippen LogP contribution in [0.4, 0.5) is 9.59 Å². The molecule has 0 unspecified atom stereocenters. The SMILES string of the molecule is C[C@@H](NC1NC(=O)N(C2CCOCC2)C(=O)N1)c1ccc(C2CC2)cc1. The topological polar surface area (TPSA) is 82.7 Å². The maximum atomic E-state index is 12.4. The van der Waals surface area contributed by atoms with Crippen molar-refractivity contribution in [3.05, 3.63) is 35.4 Å². The van der Waals surface area contributed by atoms with E-state index in [1.165, 1.54) is 23.3 Å². The Morgan fingerprint density at radius 3 is 2.23 bits per heavy atom. The van der Waals surface area contributed by atoms with E-state index in [-0.39, 0.29) is 24.1 Å². The molecule has 4 amide bonds. The Balaban J connectivity index is 1.35. The van der Waals surface area contributed by atoms with Crippen LogP contribution in [-0.4, -0.2) is 42.5 Å². The number of carbonyl (C=O) groups is 2. The third-order valence-corrected chi connectivity index (χ3v) is 5.43. The number of rotatable bonds is 5. The number of nitrogens with zero attached hydrogens (tertiary/aromatic N) is 1. The molecule has 1 aromatic carbocycles. The summed E-state index contributed by atoms with van der Waals surface area (Å²) in [6.45, 7) is 3.18. The third-order valence-electron chi connectivity index (χ3n) is 5.43. The summed E-state index contributed by atoms with van der Waals surface area (Å²) in [5, 5.41) is 8.94. The van der Waals surface area contributed by atoms with Gasteiger partial charge < -0.3 is 15.4 Å². The molecule has 3 N–H and O–H groups in total. The van der Waals surface area contributed by atoms with Crippen LogP contribution >= 0.6 is 0 Å². The van der Waals surface area contributed by atoms with Crippen molar-refractivity contribution in [2.45, 2.75) is 56.9 Å². The summed E-state index contributed by atoms with van der Waals surface area (Å²) in [5.74, 6) is 0.736. The molecule has 0 spiro atoms. The number of hydrogen-bond acceptors (Lipinski definition) is 4. The van der Waals surface area contributed by atoms with Gasteiger partial charge in [0.15, 0.2) is 6.29 Å². The van der Waals surface area contributed by atoms with Crippen LogP contribution in [0.25, 0.3) is 0 Å². The fourth-order valence-corrected chi connectivity index (χ4v) is 3.69. The second-order valence-corrected chi connectivity index (χ2v) is 7.37. The Bertz CT molecular complexity index is 650. The van der Waals surface area contributed by atoms with Crippen molar-refractivity contribution in [3.8, 4) is 0 Å². The van der Waals surface area contributed by atoms with Gasteiger partial charge in [-0.2, -0.15) is 0 Å². The van der Waals surface area contributed by atoms with Crippen molar-refractivity contribution in [3.63, 3.8) is 0 Å². The Labute approximate surface area is 153 Å². The Kier molecular flexibility index (Phi) is 4.82. The third kappa shape index (κ3) is 3.68. The molecule has 2 saturated heterocycles. The zero-order valence-electron chi connectivity index (χ0n) is 15.0. The minimum absolute atomic E-state index is 0.00323. The first kappa shape index (κ1) is 17.3. The zero-order valence-corrected chi connectivity index (χ0v) is 15.0. The van der Waals surface area contributed by atoms with Crippen molar-refractivity contribution in [1.29, 1.82) is 0 Å². The predicted molar refractivity (Wildman–Crippen MR) is 96.5 cm³/mol. The van der Waals surface area contributed by atoms with E-state index in [0.717, 1.165) is 11.5 Å². The Hall–Kier alpha value is -2.12. The molecule has 2 aliphatic heterocycles.